The van der Waals surface area contributed by atoms with Crippen molar-refractivity contribution < 1.29 is 4.79 Å². The first kappa shape index (κ1) is 11.0. The van der Waals surface area contributed by atoms with Crippen LogP contribution < -0.4 is 5.32 Å². The average Bonchev–Trinajstić information content (AvgIpc) is 2.64. The fraction of sp³-hybridized carbons (Fsp3) is 0.636. The first-order valence-electron chi connectivity index (χ1n) is 5.71. The SMILES string of the molecule is CC1CCCN(C(=O)Nc2ccnn2C)C1. The maximum absolute atomic E-state index is 11.9. The number of aromatic nitrogens is 2. The lowest BCUT2D eigenvalue weighted by Crippen LogP contribution is -2.41. The first-order valence-corrected chi connectivity index (χ1v) is 5.71. The molecule has 2 amide bonds. The minimum Gasteiger partial charge on any atom is -0.324 e. The zero-order valence-electron chi connectivity index (χ0n) is 9.81. The summed E-state index contributed by atoms with van der Waals surface area (Å²) in [5.74, 6) is 1.34. The lowest BCUT2D eigenvalue weighted by atomic mass is 10.0. The average molecular weight is 222 g/mol. The van der Waals surface area contributed by atoms with Crippen molar-refractivity contribution in [2.45, 2.75) is 19.8 Å². The van der Waals surface area contributed by atoms with Gasteiger partial charge < -0.3 is 4.90 Å². The molecule has 1 aliphatic rings. The van der Waals surface area contributed by atoms with Crippen LogP contribution in [0.25, 0.3) is 0 Å². The van der Waals surface area contributed by atoms with Gasteiger partial charge in [0.1, 0.15) is 5.82 Å². The summed E-state index contributed by atoms with van der Waals surface area (Å²) in [4.78, 5) is 13.8. The number of carbonyl (C=O) groups is 1. The van der Waals surface area contributed by atoms with Crippen LogP contribution in [-0.4, -0.2) is 33.8 Å². The summed E-state index contributed by atoms with van der Waals surface area (Å²) in [5.41, 5.74) is 0. The molecule has 1 aliphatic heterocycles. The van der Waals surface area contributed by atoms with Crippen LogP contribution in [0, 0.1) is 5.92 Å². The summed E-state index contributed by atoms with van der Waals surface area (Å²) in [6, 6.07) is 1.78. The van der Waals surface area contributed by atoms with E-state index in [9.17, 15) is 4.79 Å². The van der Waals surface area contributed by atoms with Crippen molar-refractivity contribution in [3.05, 3.63) is 12.3 Å². The second kappa shape index (κ2) is 4.55. The van der Waals surface area contributed by atoms with E-state index in [4.69, 9.17) is 0 Å². The van der Waals surface area contributed by atoms with Gasteiger partial charge in [-0.25, -0.2) is 4.79 Å². The number of rotatable bonds is 1. The highest BCUT2D eigenvalue weighted by atomic mass is 16.2. The van der Waals surface area contributed by atoms with Gasteiger partial charge in [-0.3, -0.25) is 10.00 Å². The lowest BCUT2D eigenvalue weighted by Gasteiger charge is -2.30. The van der Waals surface area contributed by atoms with Gasteiger partial charge >= 0.3 is 6.03 Å². The van der Waals surface area contributed by atoms with Crippen molar-refractivity contribution in [3.63, 3.8) is 0 Å². The third-order valence-electron chi connectivity index (χ3n) is 3.00. The minimum absolute atomic E-state index is 0.0184. The zero-order valence-corrected chi connectivity index (χ0v) is 9.81. The second-order valence-electron chi connectivity index (χ2n) is 4.46. The molecule has 0 aliphatic carbocycles. The van der Waals surface area contributed by atoms with E-state index in [1.165, 1.54) is 6.42 Å². The van der Waals surface area contributed by atoms with Crippen molar-refractivity contribution in [1.29, 1.82) is 0 Å². The van der Waals surface area contributed by atoms with Crippen LogP contribution in [0.3, 0.4) is 0 Å². The number of nitrogens with one attached hydrogen (secondary N) is 1. The van der Waals surface area contributed by atoms with Crippen LogP contribution in [0.2, 0.25) is 0 Å². The molecule has 1 fully saturated rings. The molecule has 2 rings (SSSR count). The number of likely N-dealkylation sites (tertiary alicyclic amines) is 1. The van der Waals surface area contributed by atoms with E-state index in [1.807, 2.05) is 11.9 Å². The van der Waals surface area contributed by atoms with Crippen molar-refractivity contribution >= 4 is 11.8 Å². The smallest absolute Gasteiger partial charge is 0.323 e. The Bertz CT molecular complexity index is 374. The molecule has 0 bridgehead atoms. The molecule has 1 aromatic heterocycles. The predicted octanol–water partition coefficient (Wildman–Crippen LogP) is 1.68. The van der Waals surface area contributed by atoms with E-state index in [1.54, 1.807) is 16.9 Å². The van der Waals surface area contributed by atoms with Gasteiger partial charge in [-0.1, -0.05) is 6.92 Å². The topological polar surface area (TPSA) is 50.2 Å². The Morgan fingerprint density at radius 3 is 3.06 bits per heavy atom. The van der Waals surface area contributed by atoms with E-state index in [2.05, 4.69) is 17.3 Å². The molecular formula is C11H18N4O. The summed E-state index contributed by atoms with van der Waals surface area (Å²) in [6.07, 6.45) is 3.99. The number of piperidine rings is 1. The maximum Gasteiger partial charge on any atom is 0.323 e. The monoisotopic (exact) mass is 222 g/mol. The highest BCUT2D eigenvalue weighted by Crippen LogP contribution is 2.16. The Morgan fingerprint density at radius 1 is 1.62 bits per heavy atom. The summed E-state index contributed by atoms with van der Waals surface area (Å²) < 4.78 is 1.66. The summed E-state index contributed by atoms with van der Waals surface area (Å²) in [5, 5.41) is 6.88. The molecule has 0 radical (unpaired) electrons. The molecule has 88 valence electrons. The highest BCUT2D eigenvalue weighted by molar-refractivity contribution is 5.88. The third-order valence-corrected chi connectivity index (χ3v) is 3.00. The van der Waals surface area contributed by atoms with Crippen LogP contribution in [0.1, 0.15) is 19.8 Å². The second-order valence-corrected chi connectivity index (χ2v) is 4.46. The minimum atomic E-state index is -0.0184. The van der Waals surface area contributed by atoms with E-state index in [0.717, 1.165) is 25.3 Å². The molecule has 1 aromatic rings. The quantitative estimate of drug-likeness (QED) is 0.786. The summed E-state index contributed by atoms with van der Waals surface area (Å²) >= 11 is 0. The number of nitrogens with zero attached hydrogens (tertiary/aromatic N) is 3. The zero-order chi connectivity index (χ0) is 11.5. The van der Waals surface area contributed by atoms with E-state index >= 15 is 0 Å². The molecule has 0 aromatic carbocycles. The predicted molar refractivity (Wildman–Crippen MR) is 62.2 cm³/mol. The number of anilines is 1. The number of aryl methyl sites for hydroxylation is 1. The molecule has 5 nitrogen and oxygen atoms in total. The number of hydrogen-bond donors (Lipinski definition) is 1. The lowest BCUT2D eigenvalue weighted by molar-refractivity contribution is 0.182. The Labute approximate surface area is 95.4 Å². The molecule has 1 unspecified atom stereocenters. The van der Waals surface area contributed by atoms with Gasteiger partial charge in [0.2, 0.25) is 0 Å². The van der Waals surface area contributed by atoms with E-state index in [-0.39, 0.29) is 6.03 Å². The molecule has 16 heavy (non-hydrogen) atoms. The van der Waals surface area contributed by atoms with E-state index in [0.29, 0.717) is 5.92 Å². The molecular weight excluding hydrogens is 204 g/mol. The largest absolute Gasteiger partial charge is 0.324 e. The van der Waals surface area contributed by atoms with Crippen LogP contribution in [0.4, 0.5) is 10.6 Å². The first-order chi connectivity index (χ1) is 7.66. The van der Waals surface area contributed by atoms with Crippen LogP contribution in [0.15, 0.2) is 12.3 Å². The van der Waals surface area contributed by atoms with Gasteiger partial charge in [-0.2, -0.15) is 5.10 Å². The molecule has 5 heteroatoms. The number of carbonyl (C=O) groups excluding carboxylic acids is 1. The van der Waals surface area contributed by atoms with Gasteiger partial charge in [0.15, 0.2) is 0 Å². The van der Waals surface area contributed by atoms with E-state index < -0.39 is 0 Å². The molecule has 0 spiro atoms. The van der Waals surface area contributed by atoms with Crippen LogP contribution in [0.5, 0.6) is 0 Å². The Balaban J connectivity index is 1.95. The van der Waals surface area contributed by atoms with Crippen LogP contribution in [-0.2, 0) is 7.05 Å². The van der Waals surface area contributed by atoms with Crippen molar-refractivity contribution in [3.8, 4) is 0 Å². The Kier molecular flexibility index (Phi) is 3.12. The number of amides is 2. The van der Waals surface area contributed by atoms with Gasteiger partial charge in [0, 0.05) is 26.2 Å². The fourth-order valence-corrected chi connectivity index (χ4v) is 2.06. The molecule has 1 saturated heterocycles. The summed E-state index contributed by atoms with van der Waals surface area (Å²) in [7, 11) is 1.81. The van der Waals surface area contributed by atoms with Gasteiger partial charge in [-0.05, 0) is 18.8 Å². The van der Waals surface area contributed by atoms with Crippen LogP contribution >= 0.6 is 0 Å². The molecule has 2 heterocycles. The molecule has 1 N–H and O–H groups in total. The van der Waals surface area contributed by atoms with Gasteiger partial charge in [0.25, 0.3) is 0 Å². The Hall–Kier alpha value is -1.52. The number of urea groups is 1. The number of hydrogen-bond acceptors (Lipinski definition) is 2. The molecule has 0 saturated carbocycles. The van der Waals surface area contributed by atoms with Crippen molar-refractivity contribution in [2.24, 2.45) is 13.0 Å². The standard InChI is InChI=1S/C11H18N4O/c1-9-4-3-7-15(8-9)11(16)13-10-5-6-12-14(10)2/h5-6,9H,3-4,7-8H2,1-2H3,(H,13,16). The van der Waals surface area contributed by atoms with Crippen molar-refractivity contribution in [1.82, 2.24) is 14.7 Å². The van der Waals surface area contributed by atoms with Gasteiger partial charge in [-0.15, -0.1) is 0 Å². The fourth-order valence-electron chi connectivity index (χ4n) is 2.06. The summed E-state index contributed by atoms with van der Waals surface area (Å²) in [6.45, 7) is 3.89. The Morgan fingerprint density at radius 2 is 2.44 bits per heavy atom. The normalized spacial score (nSPS) is 20.9. The maximum atomic E-state index is 11.9. The third kappa shape index (κ3) is 2.35. The van der Waals surface area contributed by atoms with Crippen molar-refractivity contribution in [2.75, 3.05) is 18.4 Å². The highest BCUT2D eigenvalue weighted by Gasteiger charge is 2.21. The van der Waals surface area contributed by atoms with Gasteiger partial charge in [0.05, 0.1) is 6.20 Å². The molecule has 1 atom stereocenters.